The van der Waals surface area contributed by atoms with E-state index in [0.29, 0.717) is 0 Å². The van der Waals surface area contributed by atoms with E-state index in [1.165, 1.54) is 5.56 Å². The van der Waals surface area contributed by atoms with Crippen LogP contribution >= 0.6 is 0 Å². The Morgan fingerprint density at radius 3 is 2.90 bits per heavy atom. The first-order valence-electron chi connectivity index (χ1n) is 6.63. The zero-order chi connectivity index (χ0) is 13.9. The van der Waals surface area contributed by atoms with E-state index >= 15 is 0 Å². The van der Waals surface area contributed by atoms with Gasteiger partial charge in [0.15, 0.2) is 0 Å². The molecule has 0 spiro atoms. The van der Waals surface area contributed by atoms with Crippen LogP contribution in [0.3, 0.4) is 0 Å². The van der Waals surface area contributed by atoms with E-state index in [-0.39, 0.29) is 6.04 Å². The first kappa shape index (κ1) is 12.7. The van der Waals surface area contributed by atoms with E-state index in [1.807, 2.05) is 31.0 Å². The van der Waals surface area contributed by atoms with Crippen molar-refractivity contribution < 1.29 is 0 Å². The van der Waals surface area contributed by atoms with Crippen LogP contribution in [0, 0.1) is 0 Å². The topological polar surface area (TPSA) is 55.6 Å². The fourth-order valence-electron chi connectivity index (χ4n) is 2.38. The smallest absolute Gasteiger partial charge is 0.138 e. The molecular formula is C15H17N5. The molecule has 0 saturated carbocycles. The molecule has 2 aromatic heterocycles. The fourth-order valence-corrected chi connectivity index (χ4v) is 2.38. The fraction of sp³-hybridized carbons (Fsp3) is 0.267. The van der Waals surface area contributed by atoms with Crippen LogP contribution in [0.25, 0.3) is 10.9 Å². The number of nitrogens with zero attached hydrogens (tertiary/aromatic N) is 4. The molecule has 0 aliphatic carbocycles. The summed E-state index contributed by atoms with van der Waals surface area (Å²) in [5.74, 6) is 0.968. The third-order valence-corrected chi connectivity index (χ3v) is 3.57. The lowest BCUT2D eigenvalue weighted by Crippen LogP contribution is -2.20. The lowest BCUT2D eigenvalue weighted by molar-refractivity contribution is 0.554. The molecule has 1 N–H and O–H groups in total. The highest BCUT2D eigenvalue weighted by Gasteiger charge is 2.13. The van der Waals surface area contributed by atoms with Crippen LogP contribution in [0.1, 0.15) is 17.4 Å². The molecule has 5 heteroatoms. The summed E-state index contributed by atoms with van der Waals surface area (Å²) >= 11 is 0. The van der Waals surface area contributed by atoms with E-state index in [4.69, 9.17) is 0 Å². The van der Waals surface area contributed by atoms with Gasteiger partial charge in [-0.05, 0) is 30.8 Å². The minimum atomic E-state index is 0.211. The van der Waals surface area contributed by atoms with Crippen molar-refractivity contribution in [3.05, 3.63) is 54.2 Å². The van der Waals surface area contributed by atoms with Crippen molar-refractivity contribution in [2.24, 2.45) is 7.05 Å². The van der Waals surface area contributed by atoms with Crippen molar-refractivity contribution in [1.82, 2.24) is 25.1 Å². The molecule has 0 aliphatic rings. The monoisotopic (exact) mass is 267 g/mol. The number of fused-ring (bicyclic) bond motifs is 1. The first-order valence-corrected chi connectivity index (χ1v) is 6.63. The van der Waals surface area contributed by atoms with E-state index in [0.717, 1.165) is 23.1 Å². The summed E-state index contributed by atoms with van der Waals surface area (Å²) in [6.45, 7) is 0. The lowest BCUT2D eigenvalue weighted by atomic mass is 10.0. The number of nitrogens with one attached hydrogen (secondary N) is 1. The van der Waals surface area contributed by atoms with E-state index < -0.39 is 0 Å². The number of pyridine rings is 1. The predicted octanol–water partition coefficient (Wildman–Crippen LogP) is 1.87. The largest absolute Gasteiger partial charge is 0.313 e. The summed E-state index contributed by atoms with van der Waals surface area (Å²) in [5, 5.41) is 8.62. The molecule has 0 bridgehead atoms. The Morgan fingerprint density at radius 2 is 2.15 bits per heavy atom. The zero-order valence-electron chi connectivity index (χ0n) is 11.6. The molecule has 0 fully saturated rings. The Morgan fingerprint density at radius 1 is 1.25 bits per heavy atom. The predicted molar refractivity (Wildman–Crippen MR) is 78.3 cm³/mol. The highest BCUT2D eigenvalue weighted by atomic mass is 15.3. The Kier molecular flexibility index (Phi) is 3.43. The van der Waals surface area contributed by atoms with Crippen molar-refractivity contribution >= 4 is 10.9 Å². The number of likely N-dealkylation sites (N-methyl/N-ethyl adjacent to an activating group) is 1. The average Bonchev–Trinajstić information content (AvgIpc) is 2.89. The van der Waals surface area contributed by atoms with Gasteiger partial charge in [0.1, 0.15) is 12.2 Å². The minimum absolute atomic E-state index is 0.211. The Balaban J connectivity index is 1.92. The van der Waals surface area contributed by atoms with Gasteiger partial charge in [0.25, 0.3) is 0 Å². The highest BCUT2D eigenvalue weighted by molar-refractivity contribution is 5.79. The molecule has 102 valence electrons. The lowest BCUT2D eigenvalue weighted by Gasteiger charge is -2.16. The van der Waals surface area contributed by atoms with Crippen LogP contribution in [-0.2, 0) is 13.5 Å². The summed E-state index contributed by atoms with van der Waals surface area (Å²) in [6, 6.07) is 10.6. The third-order valence-electron chi connectivity index (χ3n) is 3.57. The molecule has 2 heterocycles. The molecule has 1 unspecified atom stereocenters. The molecule has 3 aromatic rings. The van der Waals surface area contributed by atoms with E-state index in [2.05, 4.69) is 44.6 Å². The van der Waals surface area contributed by atoms with Gasteiger partial charge >= 0.3 is 0 Å². The summed E-state index contributed by atoms with van der Waals surface area (Å²) in [5.41, 5.74) is 2.25. The van der Waals surface area contributed by atoms with Crippen molar-refractivity contribution in [2.45, 2.75) is 12.5 Å². The maximum absolute atomic E-state index is 4.35. The maximum Gasteiger partial charge on any atom is 0.138 e. The van der Waals surface area contributed by atoms with Crippen LogP contribution in [0.15, 0.2) is 42.9 Å². The second kappa shape index (κ2) is 5.38. The van der Waals surface area contributed by atoms with Gasteiger partial charge in [-0.3, -0.25) is 9.67 Å². The molecule has 3 rings (SSSR count). The van der Waals surface area contributed by atoms with Gasteiger partial charge in [-0.2, -0.15) is 5.10 Å². The molecule has 1 atom stereocenters. The summed E-state index contributed by atoms with van der Waals surface area (Å²) in [7, 11) is 3.88. The summed E-state index contributed by atoms with van der Waals surface area (Å²) in [4.78, 5) is 8.64. The van der Waals surface area contributed by atoms with Gasteiger partial charge in [-0.15, -0.1) is 0 Å². The van der Waals surface area contributed by atoms with E-state index in [9.17, 15) is 0 Å². The van der Waals surface area contributed by atoms with Crippen LogP contribution in [0.2, 0.25) is 0 Å². The van der Waals surface area contributed by atoms with Gasteiger partial charge in [-0.1, -0.05) is 12.1 Å². The minimum Gasteiger partial charge on any atom is -0.313 e. The first-order chi connectivity index (χ1) is 9.78. The van der Waals surface area contributed by atoms with Gasteiger partial charge in [0.2, 0.25) is 0 Å². The molecular weight excluding hydrogens is 250 g/mol. The zero-order valence-corrected chi connectivity index (χ0v) is 11.6. The van der Waals surface area contributed by atoms with Crippen molar-refractivity contribution in [3.8, 4) is 0 Å². The molecule has 0 saturated heterocycles. The van der Waals surface area contributed by atoms with Gasteiger partial charge in [0.05, 0.1) is 5.52 Å². The number of benzene rings is 1. The number of hydrogen-bond acceptors (Lipinski definition) is 4. The highest BCUT2D eigenvalue weighted by Crippen LogP contribution is 2.21. The quantitative estimate of drug-likeness (QED) is 0.784. The molecule has 1 aromatic carbocycles. The summed E-state index contributed by atoms with van der Waals surface area (Å²) in [6.07, 6.45) is 4.21. The van der Waals surface area contributed by atoms with Crippen LogP contribution < -0.4 is 5.32 Å². The van der Waals surface area contributed by atoms with E-state index in [1.54, 1.807) is 6.33 Å². The normalized spacial score (nSPS) is 12.7. The van der Waals surface area contributed by atoms with Gasteiger partial charge < -0.3 is 5.32 Å². The SMILES string of the molecule is CNC(Cc1ncnn1C)c1ccc2ncccc2c1. The Hall–Kier alpha value is -2.27. The second-order valence-corrected chi connectivity index (χ2v) is 4.80. The summed E-state index contributed by atoms with van der Waals surface area (Å²) < 4.78 is 1.81. The van der Waals surface area contributed by atoms with Crippen LogP contribution in [0.4, 0.5) is 0 Å². The Labute approximate surface area is 117 Å². The molecule has 0 amide bonds. The maximum atomic E-state index is 4.35. The molecule has 0 aliphatic heterocycles. The van der Waals surface area contributed by atoms with Crippen LogP contribution in [-0.4, -0.2) is 26.8 Å². The standard InChI is InChI=1S/C15H17N5/c1-16-14(9-15-18-10-19-20(15)2)12-5-6-13-11(8-12)4-3-7-17-13/h3-8,10,14,16H,9H2,1-2H3. The van der Waals surface area contributed by atoms with Crippen molar-refractivity contribution in [2.75, 3.05) is 7.05 Å². The van der Waals surface area contributed by atoms with Crippen LogP contribution in [0.5, 0.6) is 0 Å². The molecule has 20 heavy (non-hydrogen) atoms. The van der Waals surface area contributed by atoms with Crippen molar-refractivity contribution in [3.63, 3.8) is 0 Å². The second-order valence-electron chi connectivity index (χ2n) is 4.80. The van der Waals surface area contributed by atoms with Gasteiger partial charge in [-0.25, -0.2) is 4.98 Å². The number of aryl methyl sites for hydroxylation is 1. The number of hydrogen-bond donors (Lipinski definition) is 1. The van der Waals surface area contributed by atoms with Gasteiger partial charge in [0, 0.05) is 31.1 Å². The average molecular weight is 267 g/mol. The molecule has 5 nitrogen and oxygen atoms in total. The number of rotatable bonds is 4. The van der Waals surface area contributed by atoms with Crippen molar-refractivity contribution in [1.29, 1.82) is 0 Å². The molecule has 0 radical (unpaired) electrons. The Bertz CT molecular complexity index is 719. The third kappa shape index (κ3) is 2.40. The number of aromatic nitrogens is 4.